The summed E-state index contributed by atoms with van der Waals surface area (Å²) in [5.41, 5.74) is 1.24. The summed E-state index contributed by atoms with van der Waals surface area (Å²) in [5.74, 6) is 0.364. The first-order valence-corrected chi connectivity index (χ1v) is 12.5. The van der Waals surface area contributed by atoms with E-state index in [-0.39, 0.29) is 17.9 Å². The first kappa shape index (κ1) is 32.3. The van der Waals surface area contributed by atoms with Gasteiger partial charge in [-0.05, 0) is 6.42 Å². The van der Waals surface area contributed by atoms with Crippen molar-refractivity contribution in [2.75, 3.05) is 14.1 Å². The van der Waals surface area contributed by atoms with E-state index in [4.69, 9.17) is 0 Å². The quantitative estimate of drug-likeness (QED) is 0.241. The molecule has 0 spiro atoms. The van der Waals surface area contributed by atoms with E-state index in [9.17, 15) is 4.79 Å². The van der Waals surface area contributed by atoms with Crippen LogP contribution in [0.3, 0.4) is 0 Å². The number of benzene rings is 1. The van der Waals surface area contributed by atoms with Gasteiger partial charge in [-0.1, -0.05) is 127 Å². The molecule has 2 N–H and O–H groups in total. The fourth-order valence-corrected chi connectivity index (χ4v) is 4.08. The number of hydrogen-bond donors (Lipinski definition) is 0. The van der Waals surface area contributed by atoms with E-state index in [0.29, 0.717) is 10.4 Å². The average Bonchev–Trinajstić information content (AvgIpc) is 2.71. The molecule has 0 heterocycles. The standard InChI is InChI=1S/C27H48NO.ClH.H2O/c1-4-5-6-7-8-9-10-11-12-13-14-15-16-17-21-24-27(29)28(2,3)25-26-22-19-18-20-23-26;;/h18-20,22-23H,4-17,21,24-25H2,1-3H3;1H;1H2/q+1;;/p-1. The van der Waals surface area contributed by atoms with E-state index in [1.807, 2.05) is 20.2 Å². The van der Waals surface area contributed by atoms with E-state index in [1.165, 1.54) is 95.5 Å². The van der Waals surface area contributed by atoms with E-state index in [2.05, 4.69) is 31.2 Å². The number of halogens is 1. The summed E-state index contributed by atoms with van der Waals surface area (Å²) in [5, 5.41) is 0. The van der Waals surface area contributed by atoms with Crippen molar-refractivity contribution in [2.24, 2.45) is 0 Å². The Morgan fingerprint density at radius 3 is 1.48 bits per heavy atom. The van der Waals surface area contributed by atoms with E-state index >= 15 is 0 Å². The zero-order valence-electron chi connectivity index (χ0n) is 20.6. The van der Waals surface area contributed by atoms with Crippen molar-refractivity contribution < 1.29 is 27.2 Å². The van der Waals surface area contributed by atoms with Crippen LogP contribution in [-0.4, -0.2) is 30.0 Å². The van der Waals surface area contributed by atoms with E-state index < -0.39 is 0 Å². The second-order valence-electron chi connectivity index (χ2n) is 9.42. The van der Waals surface area contributed by atoms with Gasteiger partial charge in [-0.2, -0.15) is 0 Å². The topological polar surface area (TPSA) is 48.6 Å². The van der Waals surface area contributed by atoms with Gasteiger partial charge >= 0.3 is 5.91 Å². The van der Waals surface area contributed by atoms with Crippen molar-refractivity contribution in [3.8, 4) is 0 Å². The highest BCUT2D eigenvalue weighted by Crippen LogP contribution is 2.16. The minimum absolute atomic E-state index is 0. The molecule has 1 amide bonds. The molecular weight excluding hydrogens is 406 g/mol. The Hall–Kier alpha value is -0.900. The van der Waals surface area contributed by atoms with Gasteiger partial charge < -0.3 is 17.9 Å². The molecular formula is C27H50ClNO2. The number of carbonyl (C=O) groups excluding carboxylic acids is 1. The molecule has 0 radical (unpaired) electrons. The van der Waals surface area contributed by atoms with Gasteiger partial charge in [-0.15, -0.1) is 0 Å². The zero-order chi connectivity index (χ0) is 21.2. The Morgan fingerprint density at radius 2 is 1.06 bits per heavy atom. The molecule has 31 heavy (non-hydrogen) atoms. The predicted molar refractivity (Wildman–Crippen MR) is 130 cm³/mol. The Morgan fingerprint density at radius 1 is 0.677 bits per heavy atom. The Labute approximate surface area is 199 Å². The first-order valence-electron chi connectivity index (χ1n) is 12.5. The summed E-state index contributed by atoms with van der Waals surface area (Å²) < 4.78 is 0.461. The van der Waals surface area contributed by atoms with Crippen LogP contribution < -0.4 is 12.4 Å². The number of hydrogen-bond acceptors (Lipinski definition) is 1. The largest absolute Gasteiger partial charge is 1.00 e. The molecule has 0 aliphatic rings. The predicted octanol–water partition coefficient (Wildman–Crippen LogP) is 4.23. The molecule has 0 aliphatic carbocycles. The monoisotopic (exact) mass is 455 g/mol. The summed E-state index contributed by atoms with van der Waals surface area (Å²) in [6.07, 6.45) is 21.2. The summed E-state index contributed by atoms with van der Waals surface area (Å²) in [6, 6.07) is 10.4. The maximum Gasteiger partial charge on any atom is 0.313 e. The van der Waals surface area contributed by atoms with Crippen molar-refractivity contribution in [3.63, 3.8) is 0 Å². The van der Waals surface area contributed by atoms with Crippen LogP contribution in [0.15, 0.2) is 30.3 Å². The van der Waals surface area contributed by atoms with Gasteiger partial charge in [0.25, 0.3) is 0 Å². The Balaban J connectivity index is 0. The number of carbonyl (C=O) groups is 1. The van der Waals surface area contributed by atoms with Gasteiger partial charge in [-0.3, -0.25) is 4.48 Å². The van der Waals surface area contributed by atoms with Gasteiger partial charge in [0.1, 0.15) is 6.54 Å². The molecule has 1 rings (SSSR count). The number of nitrogens with zero attached hydrogens (tertiary/aromatic N) is 1. The van der Waals surface area contributed by atoms with Crippen LogP contribution in [0.1, 0.15) is 115 Å². The molecule has 0 aromatic heterocycles. The number of quaternary nitrogens is 1. The number of amides is 1. The van der Waals surface area contributed by atoms with Gasteiger partial charge in [0, 0.05) is 5.56 Å². The summed E-state index contributed by atoms with van der Waals surface area (Å²) in [7, 11) is 4.08. The lowest BCUT2D eigenvalue weighted by Crippen LogP contribution is -3.00. The summed E-state index contributed by atoms with van der Waals surface area (Å²) in [4.78, 5) is 12.6. The minimum atomic E-state index is 0. The third-order valence-corrected chi connectivity index (χ3v) is 6.09. The van der Waals surface area contributed by atoms with Crippen LogP contribution in [-0.2, 0) is 11.3 Å². The lowest BCUT2D eigenvalue weighted by Gasteiger charge is -2.27. The van der Waals surface area contributed by atoms with Crippen LogP contribution in [0, 0.1) is 0 Å². The van der Waals surface area contributed by atoms with Gasteiger partial charge in [-0.25, -0.2) is 4.79 Å². The number of unbranched alkanes of at least 4 members (excludes halogenated alkanes) is 14. The second kappa shape index (κ2) is 21.0. The fourth-order valence-electron chi connectivity index (χ4n) is 4.08. The molecule has 0 atom stereocenters. The second-order valence-corrected chi connectivity index (χ2v) is 9.42. The lowest BCUT2D eigenvalue weighted by molar-refractivity contribution is -0.828. The van der Waals surface area contributed by atoms with Gasteiger partial charge in [0.05, 0.1) is 20.5 Å². The van der Waals surface area contributed by atoms with Crippen LogP contribution in [0.2, 0.25) is 0 Å². The molecule has 4 heteroatoms. The molecule has 0 bridgehead atoms. The minimum Gasteiger partial charge on any atom is -1.00 e. The van der Waals surface area contributed by atoms with Gasteiger partial charge in [0.2, 0.25) is 0 Å². The van der Waals surface area contributed by atoms with Crippen LogP contribution in [0.25, 0.3) is 0 Å². The SMILES string of the molecule is CCCCCCCCCCCCCCCCCC(=O)[N+](C)(C)Cc1ccccc1.O.[Cl-]. The van der Waals surface area contributed by atoms with Crippen LogP contribution in [0.5, 0.6) is 0 Å². The van der Waals surface area contributed by atoms with Crippen molar-refractivity contribution in [3.05, 3.63) is 35.9 Å². The van der Waals surface area contributed by atoms with E-state index in [0.717, 1.165) is 19.4 Å². The average molecular weight is 456 g/mol. The molecule has 0 unspecified atom stereocenters. The van der Waals surface area contributed by atoms with E-state index in [1.54, 1.807) is 0 Å². The van der Waals surface area contributed by atoms with Crippen molar-refractivity contribution in [2.45, 2.75) is 116 Å². The Bertz CT molecular complexity index is 519. The lowest BCUT2D eigenvalue weighted by atomic mass is 10.0. The molecule has 0 saturated carbocycles. The highest BCUT2D eigenvalue weighted by atomic mass is 35.5. The highest BCUT2D eigenvalue weighted by Gasteiger charge is 2.25. The summed E-state index contributed by atoms with van der Waals surface area (Å²) in [6.45, 7) is 3.07. The Kier molecular flexibility index (Phi) is 21.8. The molecule has 3 nitrogen and oxygen atoms in total. The van der Waals surface area contributed by atoms with Crippen molar-refractivity contribution in [1.82, 2.24) is 0 Å². The molecule has 182 valence electrons. The first-order chi connectivity index (χ1) is 14.1. The molecule has 1 aromatic carbocycles. The van der Waals surface area contributed by atoms with Crippen LogP contribution in [0.4, 0.5) is 0 Å². The van der Waals surface area contributed by atoms with Gasteiger partial charge in [0.15, 0.2) is 0 Å². The normalized spacial score (nSPS) is 10.9. The van der Waals surface area contributed by atoms with Crippen molar-refractivity contribution in [1.29, 1.82) is 0 Å². The molecule has 1 aromatic rings. The molecule has 0 saturated heterocycles. The smallest absolute Gasteiger partial charge is 0.313 e. The maximum absolute atomic E-state index is 12.6. The fraction of sp³-hybridized carbons (Fsp3) is 0.741. The molecule has 0 aliphatic heterocycles. The highest BCUT2D eigenvalue weighted by molar-refractivity contribution is 5.68. The number of rotatable bonds is 18. The maximum atomic E-state index is 12.6. The summed E-state index contributed by atoms with van der Waals surface area (Å²) >= 11 is 0. The van der Waals surface area contributed by atoms with Crippen molar-refractivity contribution >= 4 is 5.91 Å². The third-order valence-electron chi connectivity index (χ3n) is 6.09. The molecule has 0 fully saturated rings. The van der Waals surface area contributed by atoms with Crippen LogP contribution >= 0.6 is 0 Å². The zero-order valence-corrected chi connectivity index (χ0v) is 21.4. The third kappa shape index (κ3) is 17.3.